The molecular formula is C19H20N2O. The first kappa shape index (κ1) is 13.5. The topological polar surface area (TPSA) is 32.3 Å². The molecule has 1 unspecified atom stereocenters. The van der Waals surface area contributed by atoms with Gasteiger partial charge in [0.1, 0.15) is 0 Å². The molecule has 0 saturated carbocycles. The average molecular weight is 292 g/mol. The molecule has 0 bridgehead atoms. The molecule has 4 rings (SSSR count). The quantitative estimate of drug-likeness (QED) is 0.923. The number of anilines is 1. The van der Waals surface area contributed by atoms with Gasteiger partial charge in [-0.25, -0.2) is 0 Å². The molecule has 2 aliphatic heterocycles. The SMILES string of the molecule is O=C(C1CCCN1)N1CCc2c(-c3ccccc3)cccc21. The fourth-order valence-corrected chi connectivity index (χ4v) is 3.63. The van der Waals surface area contributed by atoms with Crippen LogP contribution < -0.4 is 10.2 Å². The molecule has 1 amide bonds. The number of fused-ring (bicyclic) bond motifs is 1. The van der Waals surface area contributed by atoms with Crippen LogP contribution in [0.3, 0.4) is 0 Å². The van der Waals surface area contributed by atoms with E-state index in [9.17, 15) is 4.79 Å². The summed E-state index contributed by atoms with van der Waals surface area (Å²) < 4.78 is 0. The third-order valence-corrected chi connectivity index (χ3v) is 4.74. The number of carbonyl (C=O) groups is 1. The third-order valence-electron chi connectivity index (χ3n) is 4.74. The number of nitrogens with zero attached hydrogens (tertiary/aromatic N) is 1. The van der Waals surface area contributed by atoms with Crippen molar-refractivity contribution in [2.24, 2.45) is 0 Å². The summed E-state index contributed by atoms with van der Waals surface area (Å²) in [6, 6.07) is 16.8. The van der Waals surface area contributed by atoms with Crippen LogP contribution in [0.1, 0.15) is 18.4 Å². The minimum absolute atomic E-state index is 0.00586. The molecular weight excluding hydrogens is 272 g/mol. The van der Waals surface area contributed by atoms with E-state index in [0.717, 1.165) is 38.0 Å². The van der Waals surface area contributed by atoms with Crippen LogP contribution in [0.4, 0.5) is 5.69 Å². The van der Waals surface area contributed by atoms with Gasteiger partial charge in [0.05, 0.1) is 6.04 Å². The van der Waals surface area contributed by atoms with Crippen LogP contribution in [0.15, 0.2) is 48.5 Å². The predicted octanol–water partition coefficient (Wildman–Crippen LogP) is 2.99. The molecule has 1 atom stereocenters. The lowest BCUT2D eigenvalue weighted by atomic mass is 9.98. The molecule has 0 aliphatic carbocycles. The van der Waals surface area contributed by atoms with Crippen molar-refractivity contribution in [3.8, 4) is 11.1 Å². The predicted molar refractivity (Wildman–Crippen MR) is 89.0 cm³/mol. The summed E-state index contributed by atoms with van der Waals surface area (Å²) in [5.41, 5.74) is 4.89. The first-order valence-electron chi connectivity index (χ1n) is 8.06. The summed E-state index contributed by atoms with van der Waals surface area (Å²) >= 11 is 0. The van der Waals surface area contributed by atoms with Crippen LogP contribution in [0.5, 0.6) is 0 Å². The van der Waals surface area contributed by atoms with Gasteiger partial charge < -0.3 is 10.2 Å². The zero-order valence-corrected chi connectivity index (χ0v) is 12.6. The minimum Gasteiger partial charge on any atom is -0.310 e. The van der Waals surface area contributed by atoms with Crippen molar-refractivity contribution in [3.63, 3.8) is 0 Å². The van der Waals surface area contributed by atoms with E-state index in [1.165, 1.54) is 16.7 Å². The van der Waals surface area contributed by atoms with E-state index >= 15 is 0 Å². The van der Waals surface area contributed by atoms with E-state index in [2.05, 4.69) is 47.8 Å². The van der Waals surface area contributed by atoms with Crippen molar-refractivity contribution < 1.29 is 4.79 Å². The number of hydrogen-bond acceptors (Lipinski definition) is 2. The van der Waals surface area contributed by atoms with E-state index in [1.54, 1.807) is 0 Å². The number of rotatable bonds is 2. The molecule has 2 aromatic carbocycles. The average Bonchev–Trinajstić information content (AvgIpc) is 3.24. The van der Waals surface area contributed by atoms with E-state index in [1.807, 2.05) is 11.0 Å². The van der Waals surface area contributed by atoms with Crippen molar-refractivity contribution in [1.82, 2.24) is 5.32 Å². The van der Waals surface area contributed by atoms with Gasteiger partial charge in [-0.15, -0.1) is 0 Å². The summed E-state index contributed by atoms with van der Waals surface area (Å²) in [7, 11) is 0. The maximum absolute atomic E-state index is 12.7. The van der Waals surface area contributed by atoms with Gasteiger partial charge in [0.15, 0.2) is 0 Å². The molecule has 2 aromatic rings. The summed E-state index contributed by atoms with van der Waals surface area (Å²) in [6.07, 6.45) is 3.00. The number of benzene rings is 2. The van der Waals surface area contributed by atoms with Crippen LogP contribution in [0.25, 0.3) is 11.1 Å². The van der Waals surface area contributed by atoms with Crippen molar-refractivity contribution >= 4 is 11.6 Å². The van der Waals surface area contributed by atoms with Crippen LogP contribution in [0.2, 0.25) is 0 Å². The molecule has 2 heterocycles. The van der Waals surface area contributed by atoms with Gasteiger partial charge >= 0.3 is 0 Å². The highest BCUT2D eigenvalue weighted by Gasteiger charge is 2.32. The Labute approximate surface area is 131 Å². The second-order valence-electron chi connectivity index (χ2n) is 6.06. The van der Waals surface area contributed by atoms with Crippen LogP contribution in [0, 0.1) is 0 Å². The van der Waals surface area contributed by atoms with Gasteiger partial charge in [0, 0.05) is 12.2 Å². The van der Waals surface area contributed by atoms with Crippen molar-refractivity contribution in [2.45, 2.75) is 25.3 Å². The monoisotopic (exact) mass is 292 g/mol. The highest BCUT2D eigenvalue weighted by atomic mass is 16.2. The third kappa shape index (κ3) is 2.22. The minimum atomic E-state index is 0.00586. The molecule has 1 saturated heterocycles. The molecule has 2 aliphatic rings. The van der Waals surface area contributed by atoms with Gasteiger partial charge in [-0.3, -0.25) is 4.79 Å². The number of carbonyl (C=O) groups excluding carboxylic acids is 1. The molecule has 0 radical (unpaired) electrons. The second kappa shape index (κ2) is 5.58. The van der Waals surface area contributed by atoms with Gasteiger partial charge in [-0.1, -0.05) is 42.5 Å². The summed E-state index contributed by atoms with van der Waals surface area (Å²) in [4.78, 5) is 14.7. The lowest BCUT2D eigenvalue weighted by Gasteiger charge is -2.21. The van der Waals surface area contributed by atoms with Gasteiger partial charge in [0.2, 0.25) is 5.91 Å². The van der Waals surface area contributed by atoms with Crippen LogP contribution >= 0.6 is 0 Å². The van der Waals surface area contributed by atoms with Crippen LogP contribution in [-0.4, -0.2) is 25.0 Å². The lowest BCUT2D eigenvalue weighted by Crippen LogP contribution is -2.42. The molecule has 3 heteroatoms. The van der Waals surface area contributed by atoms with E-state index < -0.39 is 0 Å². The maximum atomic E-state index is 12.7. The smallest absolute Gasteiger partial charge is 0.244 e. The maximum Gasteiger partial charge on any atom is 0.244 e. The Bertz CT molecular complexity index is 690. The summed E-state index contributed by atoms with van der Waals surface area (Å²) in [5, 5.41) is 3.32. The van der Waals surface area contributed by atoms with Crippen molar-refractivity contribution in [2.75, 3.05) is 18.0 Å². The van der Waals surface area contributed by atoms with Gasteiger partial charge in [0.25, 0.3) is 0 Å². The molecule has 0 spiro atoms. The highest BCUT2D eigenvalue weighted by Crippen LogP contribution is 2.36. The fourth-order valence-electron chi connectivity index (χ4n) is 3.63. The molecule has 22 heavy (non-hydrogen) atoms. The standard InChI is InChI=1S/C19H20N2O/c22-19(17-9-5-12-20-17)21-13-11-16-15(8-4-10-18(16)21)14-6-2-1-3-7-14/h1-4,6-8,10,17,20H,5,9,11-13H2. The highest BCUT2D eigenvalue weighted by molar-refractivity contribution is 6.00. The molecule has 1 N–H and O–H groups in total. The Morgan fingerprint density at radius 1 is 1.09 bits per heavy atom. The van der Waals surface area contributed by atoms with Crippen molar-refractivity contribution in [3.05, 3.63) is 54.1 Å². The molecule has 0 aromatic heterocycles. The summed E-state index contributed by atoms with van der Waals surface area (Å²) in [6.45, 7) is 1.76. The molecule has 1 fully saturated rings. The zero-order valence-electron chi connectivity index (χ0n) is 12.6. The van der Waals surface area contributed by atoms with Crippen LogP contribution in [-0.2, 0) is 11.2 Å². The van der Waals surface area contributed by atoms with Crippen molar-refractivity contribution in [1.29, 1.82) is 0 Å². The largest absolute Gasteiger partial charge is 0.310 e. The first-order chi connectivity index (χ1) is 10.8. The Hall–Kier alpha value is -2.13. The van der Waals surface area contributed by atoms with E-state index in [-0.39, 0.29) is 11.9 Å². The van der Waals surface area contributed by atoms with Gasteiger partial charge in [-0.05, 0) is 48.6 Å². The van der Waals surface area contributed by atoms with Gasteiger partial charge in [-0.2, -0.15) is 0 Å². The molecule has 3 nitrogen and oxygen atoms in total. The Kier molecular flexibility index (Phi) is 3.43. The van der Waals surface area contributed by atoms with E-state index in [0.29, 0.717) is 0 Å². The zero-order chi connectivity index (χ0) is 14.9. The first-order valence-corrected chi connectivity index (χ1v) is 8.06. The second-order valence-corrected chi connectivity index (χ2v) is 6.06. The number of hydrogen-bond donors (Lipinski definition) is 1. The Balaban J connectivity index is 1.70. The normalized spacial score (nSPS) is 20.2. The molecule has 112 valence electrons. The number of nitrogens with one attached hydrogen (secondary N) is 1. The summed E-state index contributed by atoms with van der Waals surface area (Å²) in [5.74, 6) is 0.237. The lowest BCUT2D eigenvalue weighted by molar-refractivity contribution is -0.120. The Morgan fingerprint density at radius 3 is 2.73 bits per heavy atom. The Morgan fingerprint density at radius 2 is 1.95 bits per heavy atom. The fraction of sp³-hybridized carbons (Fsp3) is 0.316. The van der Waals surface area contributed by atoms with E-state index in [4.69, 9.17) is 0 Å². The number of amides is 1.